The van der Waals surface area contributed by atoms with Gasteiger partial charge in [0.2, 0.25) is 16.0 Å². The van der Waals surface area contributed by atoms with Crippen LogP contribution >= 0.6 is 0 Å². The van der Waals surface area contributed by atoms with Gasteiger partial charge in [0, 0.05) is 29.2 Å². The van der Waals surface area contributed by atoms with Crippen molar-refractivity contribution in [2.75, 3.05) is 5.32 Å². The zero-order chi connectivity index (χ0) is 17.3. The molecule has 1 aromatic carbocycles. The van der Waals surface area contributed by atoms with Gasteiger partial charge in [-0.25, -0.2) is 18.1 Å². The summed E-state index contributed by atoms with van der Waals surface area (Å²) in [5.41, 5.74) is 1.27. The van der Waals surface area contributed by atoms with Crippen molar-refractivity contribution >= 4 is 21.4 Å². The summed E-state index contributed by atoms with van der Waals surface area (Å²) in [7, 11) is -3.63. The van der Waals surface area contributed by atoms with E-state index in [1.165, 1.54) is 24.4 Å². The number of halogens is 1. The van der Waals surface area contributed by atoms with Crippen LogP contribution in [0.2, 0.25) is 0 Å². The topological polar surface area (TPSA) is 71.1 Å². The van der Waals surface area contributed by atoms with Gasteiger partial charge in [-0.05, 0) is 51.5 Å². The Morgan fingerprint density at radius 2 is 1.87 bits per heavy atom. The maximum absolute atomic E-state index is 13.2. The summed E-state index contributed by atoms with van der Waals surface area (Å²) in [4.78, 5) is 3.71. The fraction of sp³-hybridized carbons (Fsp3) is 0.312. The molecule has 0 aliphatic rings. The molecule has 124 valence electrons. The molecule has 0 unspecified atom stereocenters. The average molecular weight is 337 g/mol. The predicted molar refractivity (Wildman–Crippen MR) is 88.7 cm³/mol. The highest BCUT2D eigenvalue weighted by Crippen LogP contribution is 2.23. The maximum Gasteiger partial charge on any atom is 0.241 e. The second kappa shape index (κ2) is 6.25. The molecule has 0 amide bonds. The minimum atomic E-state index is -3.63. The van der Waals surface area contributed by atoms with Crippen molar-refractivity contribution < 1.29 is 12.8 Å². The molecule has 0 atom stereocenters. The number of aryl methyl sites for hydroxylation is 1. The highest BCUT2D eigenvalue weighted by molar-refractivity contribution is 7.89. The van der Waals surface area contributed by atoms with Gasteiger partial charge in [-0.2, -0.15) is 4.39 Å². The highest BCUT2D eigenvalue weighted by Gasteiger charge is 2.22. The summed E-state index contributed by atoms with van der Waals surface area (Å²) in [5, 5.41) is 3.02. The first-order chi connectivity index (χ1) is 10.6. The van der Waals surface area contributed by atoms with E-state index in [1.54, 1.807) is 39.8 Å². The molecule has 5 nitrogen and oxygen atoms in total. The molecule has 0 bridgehead atoms. The molecule has 1 aromatic heterocycles. The lowest BCUT2D eigenvalue weighted by atomic mass is 10.1. The van der Waals surface area contributed by atoms with Gasteiger partial charge in [0.25, 0.3) is 0 Å². The second-order valence-electron chi connectivity index (χ2n) is 6.33. The quantitative estimate of drug-likeness (QED) is 0.839. The average Bonchev–Trinajstić information content (AvgIpc) is 2.41. The molecular formula is C16H20FN3O2S. The molecule has 0 aliphatic carbocycles. The summed E-state index contributed by atoms with van der Waals surface area (Å²) in [6.45, 7) is 7.11. The Hall–Kier alpha value is -1.99. The summed E-state index contributed by atoms with van der Waals surface area (Å²) >= 11 is 0. The molecule has 0 fully saturated rings. The van der Waals surface area contributed by atoms with Gasteiger partial charge in [-0.1, -0.05) is 6.07 Å². The van der Waals surface area contributed by atoms with Gasteiger partial charge >= 0.3 is 0 Å². The van der Waals surface area contributed by atoms with E-state index in [9.17, 15) is 12.8 Å². The number of benzene rings is 1. The van der Waals surface area contributed by atoms with Crippen molar-refractivity contribution in [2.45, 2.75) is 38.1 Å². The molecule has 23 heavy (non-hydrogen) atoms. The van der Waals surface area contributed by atoms with E-state index < -0.39 is 21.5 Å². The number of rotatable bonds is 4. The molecule has 0 aliphatic heterocycles. The van der Waals surface area contributed by atoms with E-state index >= 15 is 0 Å². The number of anilines is 2. The molecule has 0 saturated carbocycles. The van der Waals surface area contributed by atoms with Gasteiger partial charge < -0.3 is 5.32 Å². The molecule has 7 heteroatoms. The van der Waals surface area contributed by atoms with Crippen LogP contribution in [0.1, 0.15) is 26.3 Å². The number of pyridine rings is 1. The first kappa shape index (κ1) is 17.4. The largest absolute Gasteiger partial charge is 0.355 e. The van der Waals surface area contributed by atoms with Crippen molar-refractivity contribution in [3.8, 4) is 0 Å². The lowest BCUT2D eigenvalue weighted by molar-refractivity contribution is 0.491. The third-order valence-electron chi connectivity index (χ3n) is 2.93. The van der Waals surface area contributed by atoms with Crippen molar-refractivity contribution in [3.05, 3.63) is 48.0 Å². The van der Waals surface area contributed by atoms with Crippen molar-refractivity contribution in [3.63, 3.8) is 0 Å². The highest BCUT2D eigenvalue weighted by atomic mass is 32.2. The van der Waals surface area contributed by atoms with Crippen molar-refractivity contribution in [1.82, 2.24) is 9.71 Å². The van der Waals surface area contributed by atoms with Crippen LogP contribution in [-0.2, 0) is 10.0 Å². The van der Waals surface area contributed by atoms with Crippen LogP contribution in [-0.4, -0.2) is 18.9 Å². The molecule has 2 rings (SSSR count). The number of hydrogen-bond acceptors (Lipinski definition) is 4. The zero-order valence-electron chi connectivity index (χ0n) is 13.5. The van der Waals surface area contributed by atoms with Crippen LogP contribution in [0.3, 0.4) is 0 Å². The fourth-order valence-electron chi connectivity index (χ4n) is 1.99. The Kier molecular flexibility index (Phi) is 4.72. The van der Waals surface area contributed by atoms with E-state index in [1.807, 2.05) is 0 Å². The van der Waals surface area contributed by atoms with Gasteiger partial charge in [-0.3, -0.25) is 0 Å². The Bertz CT molecular complexity index is 814. The standard InChI is InChI=1S/C16H20FN3O2S/c1-11-10-18-15(17)9-14(11)19-12-6-5-7-13(8-12)23(21,22)20-16(2,3)4/h5-10,20H,1-4H3,(H,18,19). The van der Waals surface area contributed by atoms with Gasteiger partial charge in [0.05, 0.1) is 4.90 Å². The number of aromatic nitrogens is 1. The van der Waals surface area contributed by atoms with E-state index in [0.29, 0.717) is 11.4 Å². The monoisotopic (exact) mass is 337 g/mol. The summed E-state index contributed by atoms with van der Waals surface area (Å²) in [6.07, 6.45) is 1.42. The zero-order valence-corrected chi connectivity index (χ0v) is 14.3. The summed E-state index contributed by atoms with van der Waals surface area (Å²) < 4.78 is 40.6. The Balaban J connectivity index is 2.32. The second-order valence-corrected chi connectivity index (χ2v) is 8.01. The summed E-state index contributed by atoms with van der Waals surface area (Å²) in [5.74, 6) is -0.601. The van der Waals surface area contributed by atoms with Crippen LogP contribution in [0.4, 0.5) is 15.8 Å². The molecule has 1 heterocycles. The van der Waals surface area contributed by atoms with Crippen molar-refractivity contribution in [1.29, 1.82) is 0 Å². The lowest BCUT2D eigenvalue weighted by Crippen LogP contribution is -2.40. The third kappa shape index (κ3) is 4.74. The predicted octanol–water partition coefficient (Wildman–Crippen LogP) is 3.35. The van der Waals surface area contributed by atoms with Crippen LogP contribution in [0.15, 0.2) is 41.4 Å². The Morgan fingerprint density at radius 1 is 1.17 bits per heavy atom. The molecule has 2 N–H and O–H groups in total. The maximum atomic E-state index is 13.2. The molecule has 2 aromatic rings. The Labute approximate surface area is 136 Å². The minimum Gasteiger partial charge on any atom is -0.355 e. The van der Waals surface area contributed by atoms with Crippen LogP contribution in [0.5, 0.6) is 0 Å². The molecule has 0 radical (unpaired) electrons. The number of nitrogens with zero attached hydrogens (tertiary/aromatic N) is 1. The Morgan fingerprint density at radius 3 is 2.52 bits per heavy atom. The normalized spacial score (nSPS) is 12.2. The molecule has 0 saturated heterocycles. The molecular weight excluding hydrogens is 317 g/mol. The fourth-order valence-corrected chi connectivity index (χ4v) is 3.46. The number of sulfonamides is 1. The minimum absolute atomic E-state index is 0.143. The van der Waals surface area contributed by atoms with E-state index in [4.69, 9.17) is 0 Å². The van der Waals surface area contributed by atoms with E-state index in [0.717, 1.165) is 5.56 Å². The van der Waals surface area contributed by atoms with Gasteiger partial charge in [0.15, 0.2) is 0 Å². The van der Waals surface area contributed by atoms with Crippen LogP contribution in [0, 0.1) is 12.9 Å². The van der Waals surface area contributed by atoms with Crippen LogP contribution in [0.25, 0.3) is 0 Å². The van der Waals surface area contributed by atoms with Gasteiger partial charge in [0.1, 0.15) is 0 Å². The smallest absolute Gasteiger partial charge is 0.241 e. The SMILES string of the molecule is Cc1cnc(F)cc1Nc1cccc(S(=O)(=O)NC(C)(C)C)c1. The van der Waals surface area contributed by atoms with Crippen LogP contribution < -0.4 is 10.0 Å². The van der Waals surface area contributed by atoms with E-state index in [2.05, 4.69) is 15.0 Å². The van der Waals surface area contributed by atoms with Crippen molar-refractivity contribution in [2.24, 2.45) is 0 Å². The summed E-state index contributed by atoms with van der Waals surface area (Å²) in [6, 6.07) is 7.63. The number of nitrogens with one attached hydrogen (secondary N) is 2. The lowest BCUT2D eigenvalue weighted by Gasteiger charge is -2.20. The van der Waals surface area contributed by atoms with Gasteiger partial charge in [-0.15, -0.1) is 0 Å². The molecule has 0 spiro atoms. The number of hydrogen-bond donors (Lipinski definition) is 2. The van der Waals surface area contributed by atoms with E-state index in [-0.39, 0.29) is 4.90 Å². The first-order valence-corrected chi connectivity index (χ1v) is 8.58. The third-order valence-corrected chi connectivity index (χ3v) is 4.69. The first-order valence-electron chi connectivity index (χ1n) is 7.10.